The minimum absolute atomic E-state index is 0.212. The van der Waals surface area contributed by atoms with Gasteiger partial charge in [-0.05, 0) is 11.6 Å². The molecular weight excluding hydrogens is 314 g/mol. The third-order valence-electron chi connectivity index (χ3n) is 4.54. The Morgan fingerprint density at radius 3 is 2.78 bits per heavy atom. The topological polar surface area (TPSA) is 44.8 Å². The summed E-state index contributed by atoms with van der Waals surface area (Å²) < 4.78 is 5.35. The van der Waals surface area contributed by atoms with Gasteiger partial charge in [0.2, 0.25) is 5.91 Å². The quantitative estimate of drug-likeness (QED) is 0.851. The van der Waals surface area contributed by atoms with E-state index in [4.69, 9.17) is 16.3 Å². The highest BCUT2D eigenvalue weighted by atomic mass is 35.5. The van der Waals surface area contributed by atoms with E-state index in [9.17, 15) is 4.79 Å². The van der Waals surface area contributed by atoms with Gasteiger partial charge in [-0.15, -0.1) is 0 Å². The molecule has 5 nitrogen and oxygen atoms in total. The number of morpholine rings is 1. The summed E-state index contributed by atoms with van der Waals surface area (Å²) in [5, 5.41) is 4.23. The summed E-state index contributed by atoms with van der Waals surface area (Å²) in [7, 11) is 0. The Kier molecular flexibility index (Phi) is 5.89. The smallest absolute Gasteiger partial charge is 0.224 e. The van der Waals surface area contributed by atoms with Crippen LogP contribution >= 0.6 is 11.6 Å². The summed E-state index contributed by atoms with van der Waals surface area (Å²) in [6.45, 7) is 6.77. The number of amides is 1. The summed E-state index contributed by atoms with van der Waals surface area (Å²) in [5.41, 5.74) is 1.08. The van der Waals surface area contributed by atoms with Crippen LogP contribution in [-0.2, 0) is 16.1 Å². The van der Waals surface area contributed by atoms with Crippen LogP contribution < -0.4 is 5.32 Å². The summed E-state index contributed by atoms with van der Waals surface area (Å²) in [5.74, 6) is 0.245. The number of likely N-dealkylation sites (tertiary alicyclic amines) is 1. The van der Waals surface area contributed by atoms with Crippen LogP contribution in [0.2, 0.25) is 5.02 Å². The van der Waals surface area contributed by atoms with Crippen LogP contribution in [-0.4, -0.2) is 67.7 Å². The van der Waals surface area contributed by atoms with Crippen molar-refractivity contribution in [2.24, 2.45) is 0 Å². The lowest BCUT2D eigenvalue weighted by atomic mass is 10.2. The van der Waals surface area contributed by atoms with Crippen molar-refractivity contribution in [2.45, 2.75) is 19.0 Å². The Morgan fingerprint density at radius 2 is 2.00 bits per heavy atom. The molecule has 2 aliphatic heterocycles. The number of hydrogen-bond donors (Lipinski definition) is 1. The third kappa shape index (κ3) is 4.67. The molecular formula is C17H24ClN3O2. The molecule has 1 unspecified atom stereocenters. The van der Waals surface area contributed by atoms with Gasteiger partial charge in [-0.3, -0.25) is 9.69 Å². The average molecular weight is 338 g/mol. The van der Waals surface area contributed by atoms with Crippen molar-refractivity contribution < 1.29 is 9.53 Å². The zero-order valence-corrected chi connectivity index (χ0v) is 14.1. The van der Waals surface area contributed by atoms with E-state index in [1.807, 2.05) is 29.2 Å². The van der Waals surface area contributed by atoms with Gasteiger partial charge in [0.1, 0.15) is 0 Å². The second-order valence-electron chi connectivity index (χ2n) is 6.17. The Labute approximate surface area is 142 Å². The summed E-state index contributed by atoms with van der Waals surface area (Å²) in [4.78, 5) is 16.5. The van der Waals surface area contributed by atoms with Gasteiger partial charge in [0.05, 0.1) is 13.2 Å². The van der Waals surface area contributed by atoms with Gasteiger partial charge in [0, 0.05) is 56.8 Å². The van der Waals surface area contributed by atoms with Crippen molar-refractivity contribution in [3.63, 3.8) is 0 Å². The van der Waals surface area contributed by atoms with Crippen LogP contribution in [0.15, 0.2) is 24.3 Å². The molecule has 0 bridgehead atoms. The molecule has 1 aromatic rings. The number of nitrogens with one attached hydrogen (secondary N) is 1. The van der Waals surface area contributed by atoms with Crippen LogP contribution in [0.1, 0.15) is 12.0 Å². The fourth-order valence-corrected chi connectivity index (χ4v) is 3.31. The number of hydrogen-bond acceptors (Lipinski definition) is 4. The van der Waals surface area contributed by atoms with Crippen molar-refractivity contribution in [3.05, 3.63) is 34.9 Å². The maximum Gasteiger partial charge on any atom is 0.224 e. The first kappa shape index (κ1) is 16.7. The van der Waals surface area contributed by atoms with Gasteiger partial charge < -0.3 is 15.0 Å². The van der Waals surface area contributed by atoms with E-state index in [1.54, 1.807) is 0 Å². The molecule has 0 aliphatic carbocycles. The van der Waals surface area contributed by atoms with E-state index in [0.717, 1.165) is 56.5 Å². The van der Waals surface area contributed by atoms with Crippen molar-refractivity contribution >= 4 is 17.5 Å². The molecule has 3 rings (SSSR count). The van der Waals surface area contributed by atoms with Crippen molar-refractivity contribution in [1.29, 1.82) is 0 Å². The molecule has 1 amide bonds. The Hall–Kier alpha value is -1.14. The predicted octanol–water partition coefficient (Wildman–Crippen LogP) is 1.36. The van der Waals surface area contributed by atoms with E-state index in [0.29, 0.717) is 13.0 Å². The van der Waals surface area contributed by atoms with Crippen LogP contribution in [0.4, 0.5) is 0 Å². The standard InChI is InChI=1S/C17H24ClN3O2/c18-16-4-2-1-3-14(16)12-19-15-11-17(22)21(13-15)6-5-20-7-9-23-10-8-20/h1-4,15,19H,5-13H2. The van der Waals surface area contributed by atoms with Crippen molar-refractivity contribution in [3.8, 4) is 0 Å². The monoisotopic (exact) mass is 337 g/mol. The highest BCUT2D eigenvalue weighted by Crippen LogP contribution is 2.16. The van der Waals surface area contributed by atoms with Crippen LogP contribution in [0.25, 0.3) is 0 Å². The first-order valence-corrected chi connectivity index (χ1v) is 8.65. The van der Waals surface area contributed by atoms with E-state index in [2.05, 4.69) is 10.2 Å². The number of rotatable bonds is 6. The van der Waals surface area contributed by atoms with Crippen molar-refractivity contribution in [2.75, 3.05) is 45.9 Å². The molecule has 23 heavy (non-hydrogen) atoms. The summed E-state index contributed by atoms with van der Waals surface area (Å²) in [6.07, 6.45) is 0.577. The largest absolute Gasteiger partial charge is 0.379 e. The fraction of sp³-hybridized carbons (Fsp3) is 0.588. The molecule has 2 fully saturated rings. The van der Waals surface area contributed by atoms with Gasteiger partial charge >= 0.3 is 0 Å². The molecule has 0 saturated carbocycles. The Morgan fingerprint density at radius 1 is 1.22 bits per heavy atom. The molecule has 0 spiro atoms. The highest BCUT2D eigenvalue weighted by molar-refractivity contribution is 6.31. The summed E-state index contributed by atoms with van der Waals surface area (Å²) in [6, 6.07) is 8.04. The minimum atomic E-state index is 0.212. The first-order valence-electron chi connectivity index (χ1n) is 8.27. The lowest BCUT2D eigenvalue weighted by molar-refractivity contribution is -0.128. The average Bonchev–Trinajstić information content (AvgIpc) is 2.93. The van der Waals surface area contributed by atoms with Crippen LogP contribution in [0.5, 0.6) is 0 Å². The highest BCUT2D eigenvalue weighted by Gasteiger charge is 2.29. The second-order valence-corrected chi connectivity index (χ2v) is 6.57. The molecule has 2 aliphatic rings. The molecule has 1 atom stereocenters. The zero-order chi connectivity index (χ0) is 16.1. The Balaban J connectivity index is 1.43. The number of carbonyl (C=O) groups excluding carboxylic acids is 1. The normalized spacial score (nSPS) is 22.7. The number of nitrogens with zero attached hydrogens (tertiary/aromatic N) is 2. The van der Waals surface area contributed by atoms with Crippen molar-refractivity contribution in [1.82, 2.24) is 15.1 Å². The van der Waals surface area contributed by atoms with E-state index in [1.165, 1.54) is 0 Å². The van der Waals surface area contributed by atoms with Crippen LogP contribution in [0.3, 0.4) is 0 Å². The van der Waals surface area contributed by atoms with Gasteiger partial charge in [-0.25, -0.2) is 0 Å². The van der Waals surface area contributed by atoms with Gasteiger partial charge in [0.25, 0.3) is 0 Å². The number of ether oxygens (including phenoxy) is 1. The van der Waals surface area contributed by atoms with E-state index in [-0.39, 0.29) is 11.9 Å². The maximum absolute atomic E-state index is 12.2. The van der Waals surface area contributed by atoms with Crippen LogP contribution in [0, 0.1) is 0 Å². The Bertz CT molecular complexity index is 534. The number of benzene rings is 1. The molecule has 0 radical (unpaired) electrons. The zero-order valence-electron chi connectivity index (χ0n) is 13.3. The second kappa shape index (κ2) is 8.11. The third-order valence-corrected chi connectivity index (χ3v) is 4.91. The molecule has 2 heterocycles. The maximum atomic E-state index is 12.2. The molecule has 126 valence electrons. The van der Waals surface area contributed by atoms with Gasteiger partial charge in [0.15, 0.2) is 0 Å². The molecule has 1 aromatic carbocycles. The summed E-state index contributed by atoms with van der Waals surface area (Å²) >= 11 is 6.17. The minimum Gasteiger partial charge on any atom is -0.379 e. The molecule has 0 aromatic heterocycles. The lowest BCUT2D eigenvalue weighted by Gasteiger charge is -2.28. The fourth-order valence-electron chi connectivity index (χ4n) is 3.11. The predicted molar refractivity (Wildman–Crippen MR) is 90.5 cm³/mol. The number of halogens is 1. The van der Waals surface area contributed by atoms with Gasteiger partial charge in [-0.2, -0.15) is 0 Å². The van der Waals surface area contributed by atoms with Gasteiger partial charge in [-0.1, -0.05) is 29.8 Å². The molecule has 6 heteroatoms. The molecule has 1 N–H and O–H groups in total. The van der Waals surface area contributed by atoms with E-state index >= 15 is 0 Å². The van der Waals surface area contributed by atoms with E-state index < -0.39 is 0 Å². The molecule has 2 saturated heterocycles. The SMILES string of the molecule is O=C1CC(NCc2ccccc2Cl)CN1CCN1CCOCC1. The lowest BCUT2D eigenvalue weighted by Crippen LogP contribution is -2.42. The first-order chi connectivity index (χ1) is 11.2. The number of carbonyl (C=O) groups is 1.